The van der Waals surface area contributed by atoms with Gasteiger partial charge in [-0.2, -0.15) is 5.10 Å². The van der Waals surface area contributed by atoms with E-state index in [1.165, 1.54) is 16.8 Å². The Kier molecular flexibility index (Phi) is 2.84. The van der Waals surface area contributed by atoms with Crippen LogP contribution in [0.5, 0.6) is 0 Å². The molecular weight excluding hydrogens is 255 g/mol. The predicted molar refractivity (Wildman–Crippen MR) is 66.4 cm³/mol. The van der Waals surface area contributed by atoms with Crippen molar-refractivity contribution in [1.29, 1.82) is 0 Å². The highest BCUT2D eigenvalue weighted by molar-refractivity contribution is 6.30. The third kappa shape index (κ3) is 1.91. The number of aromatic nitrogens is 2. The van der Waals surface area contributed by atoms with Crippen molar-refractivity contribution >= 4 is 11.6 Å². The van der Waals surface area contributed by atoms with Crippen LogP contribution >= 0.6 is 11.6 Å². The first-order valence-corrected chi connectivity index (χ1v) is 6.22. The third-order valence-electron chi connectivity index (χ3n) is 3.13. The summed E-state index contributed by atoms with van der Waals surface area (Å²) in [6.45, 7) is -0.139. The minimum atomic E-state index is -0.336. The van der Waals surface area contributed by atoms with Crippen LogP contribution < -0.4 is 0 Å². The molecule has 1 aromatic heterocycles. The lowest BCUT2D eigenvalue weighted by molar-refractivity contribution is 0.280. The maximum Gasteiger partial charge on any atom is 0.138 e. The van der Waals surface area contributed by atoms with Crippen molar-refractivity contribution in [2.75, 3.05) is 0 Å². The molecule has 0 amide bonds. The van der Waals surface area contributed by atoms with Gasteiger partial charge in [-0.3, -0.25) is 0 Å². The zero-order chi connectivity index (χ0) is 12.7. The van der Waals surface area contributed by atoms with Gasteiger partial charge in [0.25, 0.3) is 0 Å². The zero-order valence-corrected chi connectivity index (χ0v) is 10.4. The molecule has 1 aliphatic rings. The maximum atomic E-state index is 13.2. The second kappa shape index (κ2) is 4.37. The van der Waals surface area contributed by atoms with Gasteiger partial charge in [0.2, 0.25) is 0 Å². The minimum absolute atomic E-state index is 0.139. The van der Waals surface area contributed by atoms with Crippen LogP contribution in [0.3, 0.4) is 0 Å². The largest absolute Gasteiger partial charge is 0.391 e. The van der Waals surface area contributed by atoms with Crippen molar-refractivity contribution < 1.29 is 9.50 Å². The molecule has 0 saturated heterocycles. The Hall–Kier alpha value is -1.39. The van der Waals surface area contributed by atoms with E-state index in [0.29, 0.717) is 22.3 Å². The maximum absolute atomic E-state index is 13.2. The van der Waals surface area contributed by atoms with Crippen LogP contribution in [0.25, 0.3) is 5.69 Å². The number of benzene rings is 1. The molecule has 0 spiro atoms. The molecule has 0 unspecified atom stereocenters. The number of rotatable bonds is 3. The number of aliphatic hydroxyl groups is 1. The molecule has 1 saturated carbocycles. The van der Waals surface area contributed by atoms with Gasteiger partial charge in [-0.15, -0.1) is 0 Å². The summed E-state index contributed by atoms with van der Waals surface area (Å²) >= 11 is 6.21. The summed E-state index contributed by atoms with van der Waals surface area (Å²) in [7, 11) is 0. The fourth-order valence-electron chi connectivity index (χ4n) is 2.06. The summed E-state index contributed by atoms with van der Waals surface area (Å²) in [6, 6.07) is 6.09. The van der Waals surface area contributed by atoms with Crippen molar-refractivity contribution in [3.63, 3.8) is 0 Å². The van der Waals surface area contributed by atoms with E-state index in [1.807, 2.05) is 0 Å². The summed E-state index contributed by atoms with van der Waals surface area (Å²) in [6.07, 6.45) is 2.15. The molecular formula is C13H12ClFN2O. The Morgan fingerprint density at radius 2 is 2.22 bits per heavy atom. The van der Waals surface area contributed by atoms with Gasteiger partial charge in [-0.05, 0) is 31.0 Å². The van der Waals surface area contributed by atoms with Crippen molar-refractivity contribution in [3.8, 4) is 5.69 Å². The fourth-order valence-corrected chi connectivity index (χ4v) is 2.35. The second-order valence-electron chi connectivity index (χ2n) is 4.48. The highest BCUT2D eigenvalue weighted by atomic mass is 35.5. The lowest BCUT2D eigenvalue weighted by atomic mass is 10.2. The van der Waals surface area contributed by atoms with Gasteiger partial charge >= 0.3 is 0 Å². The number of aliphatic hydroxyl groups excluding tert-OH is 1. The lowest BCUT2D eigenvalue weighted by Gasteiger charge is -2.02. The molecule has 3 nitrogen and oxygen atoms in total. The van der Waals surface area contributed by atoms with Gasteiger partial charge < -0.3 is 5.11 Å². The van der Waals surface area contributed by atoms with Gasteiger partial charge in [0.05, 0.1) is 18.0 Å². The molecule has 18 heavy (non-hydrogen) atoms. The van der Waals surface area contributed by atoms with Crippen LogP contribution in [0, 0.1) is 5.82 Å². The van der Waals surface area contributed by atoms with E-state index in [1.54, 1.807) is 12.1 Å². The van der Waals surface area contributed by atoms with Gasteiger partial charge in [0.15, 0.2) is 0 Å². The smallest absolute Gasteiger partial charge is 0.138 e. The van der Waals surface area contributed by atoms with E-state index in [0.717, 1.165) is 18.5 Å². The molecule has 1 heterocycles. The van der Waals surface area contributed by atoms with E-state index in [4.69, 9.17) is 11.6 Å². The Morgan fingerprint density at radius 1 is 1.44 bits per heavy atom. The normalized spacial score (nSPS) is 15.1. The summed E-state index contributed by atoms with van der Waals surface area (Å²) in [5, 5.41) is 14.2. The molecule has 1 fully saturated rings. The SMILES string of the molecule is OCc1c(C2CC2)nn(-c2cccc(F)c2)c1Cl. The average Bonchev–Trinajstić information content (AvgIpc) is 3.13. The second-order valence-corrected chi connectivity index (χ2v) is 4.84. The molecule has 94 valence electrons. The van der Waals surface area contributed by atoms with E-state index < -0.39 is 0 Å². The Balaban J connectivity index is 2.12. The molecule has 0 aliphatic heterocycles. The highest BCUT2D eigenvalue weighted by Crippen LogP contribution is 2.43. The molecule has 3 rings (SSSR count). The van der Waals surface area contributed by atoms with Crippen LogP contribution in [-0.4, -0.2) is 14.9 Å². The Morgan fingerprint density at radius 3 is 2.83 bits per heavy atom. The number of hydrogen-bond acceptors (Lipinski definition) is 2. The number of halogens is 2. The van der Waals surface area contributed by atoms with Gasteiger partial charge in [0, 0.05) is 11.5 Å². The molecule has 5 heteroatoms. The van der Waals surface area contributed by atoms with Crippen LogP contribution in [0.2, 0.25) is 5.15 Å². The monoisotopic (exact) mass is 266 g/mol. The van der Waals surface area contributed by atoms with E-state index in [9.17, 15) is 9.50 Å². The lowest BCUT2D eigenvalue weighted by Crippen LogP contribution is -1.97. The molecule has 2 aromatic rings. The van der Waals surface area contributed by atoms with Crippen molar-refractivity contribution in [2.45, 2.75) is 25.4 Å². The van der Waals surface area contributed by atoms with Crippen LogP contribution in [-0.2, 0) is 6.61 Å². The first kappa shape index (κ1) is 11.7. The first-order valence-electron chi connectivity index (χ1n) is 5.85. The standard InChI is InChI=1S/C13H12ClFN2O/c14-13-11(7-18)12(8-4-5-8)16-17(13)10-3-1-2-9(15)6-10/h1-3,6,8,18H,4-5,7H2. The van der Waals surface area contributed by atoms with E-state index >= 15 is 0 Å². The Bertz CT molecular complexity index is 593. The molecule has 1 aliphatic carbocycles. The van der Waals surface area contributed by atoms with Crippen LogP contribution in [0.15, 0.2) is 24.3 Å². The topological polar surface area (TPSA) is 38.1 Å². The quantitative estimate of drug-likeness (QED) is 0.927. The molecule has 1 N–H and O–H groups in total. The first-order chi connectivity index (χ1) is 8.70. The fraction of sp³-hybridized carbons (Fsp3) is 0.308. The van der Waals surface area contributed by atoms with Crippen molar-refractivity contribution in [3.05, 3.63) is 46.5 Å². The number of hydrogen-bond donors (Lipinski definition) is 1. The van der Waals surface area contributed by atoms with Gasteiger partial charge in [-0.25, -0.2) is 9.07 Å². The zero-order valence-electron chi connectivity index (χ0n) is 9.61. The van der Waals surface area contributed by atoms with Crippen molar-refractivity contribution in [1.82, 2.24) is 9.78 Å². The summed E-state index contributed by atoms with van der Waals surface area (Å²) in [5.41, 5.74) is 2.07. The summed E-state index contributed by atoms with van der Waals surface area (Å²) < 4.78 is 14.7. The third-order valence-corrected chi connectivity index (χ3v) is 3.52. The molecule has 0 bridgehead atoms. The summed E-state index contributed by atoms with van der Waals surface area (Å²) in [5.74, 6) is 0.0528. The highest BCUT2D eigenvalue weighted by Gasteiger charge is 2.31. The molecule has 1 aromatic carbocycles. The van der Waals surface area contributed by atoms with E-state index in [-0.39, 0.29) is 12.4 Å². The average molecular weight is 267 g/mol. The Labute approximate surface area is 109 Å². The van der Waals surface area contributed by atoms with Crippen LogP contribution in [0.4, 0.5) is 4.39 Å². The minimum Gasteiger partial charge on any atom is -0.391 e. The van der Waals surface area contributed by atoms with Gasteiger partial charge in [0.1, 0.15) is 11.0 Å². The van der Waals surface area contributed by atoms with Crippen LogP contribution in [0.1, 0.15) is 30.0 Å². The molecule has 0 radical (unpaired) electrons. The number of nitrogens with zero attached hydrogens (tertiary/aromatic N) is 2. The van der Waals surface area contributed by atoms with Crippen molar-refractivity contribution in [2.24, 2.45) is 0 Å². The van der Waals surface area contributed by atoms with E-state index in [2.05, 4.69) is 5.10 Å². The molecule has 0 atom stereocenters. The predicted octanol–water partition coefficient (Wildman–Crippen LogP) is 3.03. The van der Waals surface area contributed by atoms with Gasteiger partial charge in [-0.1, -0.05) is 17.7 Å². The summed E-state index contributed by atoms with van der Waals surface area (Å²) in [4.78, 5) is 0.